The molecule has 1 saturated heterocycles. The second-order valence-corrected chi connectivity index (χ2v) is 5.57. The van der Waals surface area contributed by atoms with Crippen LogP contribution < -0.4 is 10.2 Å². The van der Waals surface area contributed by atoms with E-state index in [0.717, 1.165) is 36.1 Å². The summed E-state index contributed by atoms with van der Waals surface area (Å²) >= 11 is 3.52. The standard InChI is InChI=1S/C14H19BrN2O/c1-3-7-16-13-6-8-17(14(13)18)11-5-4-10(2)12(15)9-11/h4-5,9,13,16H,3,6-8H2,1-2H3. The molecule has 0 spiro atoms. The van der Waals surface area contributed by atoms with Gasteiger partial charge >= 0.3 is 0 Å². The number of nitrogens with one attached hydrogen (secondary N) is 1. The summed E-state index contributed by atoms with van der Waals surface area (Å²) in [6, 6.07) is 6.07. The zero-order valence-electron chi connectivity index (χ0n) is 10.9. The first-order chi connectivity index (χ1) is 8.63. The van der Waals surface area contributed by atoms with Crippen LogP contribution >= 0.6 is 15.9 Å². The third-order valence-corrected chi connectivity index (χ3v) is 4.17. The van der Waals surface area contributed by atoms with Crippen molar-refractivity contribution in [1.82, 2.24) is 5.32 Å². The molecule has 3 nitrogen and oxygen atoms in total. The summed E-state index contributed by atoms with van der Waals surface area (Å²) in [4.78, 5) is 14.1. The minimum atomic E-state index is -0.00923. The molecule has 1 fully saturated rings. The number of nitrogens with zero attached hydrogens (tertiary/aromatic N) is 1. The highest BCUT2D eigenvalue weighted by molar-refractivity contribution is 9.10. The van der Waals surface area contributed by atoms with Crippen molar-refractivity contribution in [2.45, 2.75) is 32.7 Å². The van der Waals surface area contributed by atoms with Gasteiger partial charge in [-0.1, -0.05) is 28.9 Å². The zero-order chi connectivity index (χ0) is 13.1. The topological polar surface area (TPSA) is 32.3 Å². The van der Waals surface area contributed by atoms with Gasteiger partial charge < -0.3 is 10.2 Å². The van der Waals surface area contributed by atoms with Crippen molar-refractivity contribution < 1.29 is 4.79 Å². The number of carbonyl (C=O) groups is 1. The smallest absolute Gasteiger partial charge is 0.244 e. The minimum Gasteiger partial charge on any atom is -0.311 e. The lowest BCUT2D eigenvalue weighted by Crippen LogP contribution is -2.38. The fourth-order valence-corrected chi connectivity index (χ4v) is 2.56. The lowest BCUT2D eigenvalue weighted by atomic mass is 10.2. The van der Waals surface area contributed by atoms with Gasteiger partial charge in [-0.3, -0.25) is 4.79 Å². The summed E-state index contributed by atoms with van der Waals surface area (Å²) in [5.74, 6) is 0.194. The van der Waals surface area contributed by atoms with Crippen LogP contribution in [0.15, 0.2) is 22.7 Å². The Morgan fingerprint density at radius 1 is 1.50 bits per heavy atom. The number of halogens is 1. The molecule has 1 aliphatic rings. The van der Waals surface area contributed by atoms with Crippen LogP contribution in [0.2, 0.25) is 0 Å². The maximum atomic E-state index is 12.3. The molecule has 18 heavy (non-hydrogen) atoms. The molecule has 1 unspecified atom stereocenters. The highest BCUT2D eigenvalue weighted by atomic mass is 79.9. The van der Waals surface area contributed by atoms with E-state index in [9.17, 15) is 4.79 Å². The monoisotopic (exact) mass is 310 g/mol. The summed E-state index contributed by atoms with van der Waals surface area (Å²) in [5, 5.41) is 3.30. The van der Waals surface area contributed by atoms with E-state index in [2.05, 4.69) is 28.2 Å². The van der Waals surface area contributed by atoms with Crippen molar-refractivity contribution in [2.75, 3.05) is 18.0 Å². The quantitative estimate of drug-likeness (QED) is 0.927. The molecule has 1 N–H and O–H groups in total. The van der Waals surface area contributed by atoms with Crippen LogP contribution in [-0.4, -0.2) is 25.0 Å². The van der Waals surface area contributed by atoms with E-state index >= 15 is 0 Å². The molecule has 4 heteroatoms. The highest BCUT2D eigenvalue weighted by Gasteiger charge is 2.31. The van der Waals surface area contributed by atoms with Crippen molar-refractivity contribution in [3.63, 3.8) is 0 Å². The Kier molecular flexibility index (Phi) is 4.40. The van der Waals surface area contributed by atoms with Gasteiger partial charge in [-0.2, -0.15) is 0 Å². The molecule has 0 aliphatic carbocycles. The van der Waals surface area contributed by atoms with Crippen LogP contribution in [0, 0.1) is 6.92 Å². The van der Waals surface area contributed by atoms with E-state index in [1.807, 2.05) is 30.0 Å². The Balaban J connectivity index is 2.10. The summed E-state index contributed by atoms with van der Waals surface area (Å²) < 4.78 is 1.05. The number of hydrogen-bond acceptors (Lipinski definition) is 2. The average molecular weight is 311 g/mol. The molecular formula is C14H19BrN2O. The molecule has 1 aromatic rings. The molecule has 98 valence electrons. The fraction of sp³-hybridized carbons (Fsp3) is 0.500. The first-order valence-corrected chi connectivity index (χ1v) is 7.23. The highest BCUT2D eigenvalue weighted by Crippen LogP contribution is 2.26. The fourth-order valence-electron chi connectivity index (χ4n) is 2.19. The van der Waals surface area contributed by atoms with E-state index < -0.39 is 0 Å². The molecule has 1 amide bonds. The van der Waals surface area contributed by atoms with E-state index in [1.165, 1.54) is 5.56 Å². The number of hydrogen-bond donors (Lipinski definition) is 1. The molecule has 0 radical (unpaired) electrons. The van der Waals surface area contributed by atoms with Crippen molar-refractivity contribution in [2.24, 2.45) is 0 Å². The Hall–Kier alpha value is -0.870. The maximum Gasteiger partial charge on any atom is 0.244 e. The number of benzene rings is 1. The molecule has 0 bridgehead atoms. The van der Waals surface area contributed by atoms with E-state index in [-0.39, 0.29) is 11.9 Å². The molecule has 0 aromatic heterocycles. The van der Waals surface area contributed by atoms with Gasteiger partial charge in [0.15, 0.2) is 0 Å². The predicted molar refractivity (Wildman–Crippen MR) is 77.9 cm³/mol. The largest absolute Gasteiger partial charge is 0.311 e. The van der Waals surface area contributed by atoms with Crippen LogP contribution in [0.5, 0.6) is 0 Å². The third kappa shape index (κ3) is 2.75. The van der Waals surface area contributed by atoms with Crippen LogP contribution in [0.4, 0.5) is 5.69 Å². The summed E-state index contributed by atoms with van der Waals surface area (Å²) in [7, 11) is 0. The van der Waals surface area contributed by atoms with Crippen molar-refractivity contribution in [3.05, 3.63) is 28.2 Å². The maximum absolute atomic E-state index is 12.3. The van der Waals surface area contributed by atoms with E-state index in [0.29, 0.717) is 0 Å². The van der Waals surface area contributed by atoms with Gasteiger partial charge in [-0.15, -0.1) is 0 Å². The van der Waals surface area contributed by atoms with Crippen molar-refractivity contribution in [3.8, 4) is 0 Å². The summed E-state index contributed by atoms with van der Waals surface area (Å²) in [6.45, 7) is 5.87. The Labute approximate surface area is 117 Å². The lowest BCUT2D eigenvalue weighted by molar-refractivity contribution is -0.118. The van der Waals surface area contributed by atoms with Gasteiger partial charge in [0.05, 0.1) is 6.04 Å². The van der Waals surface area contributed by atoms with Crippen molar-refractivity contribution >= 4 is 27.5 Å². The Bertz CT molecular complexity index is 447. The van der Waals surface area contributed by atoms with Gasteiger partial charge in [0.2, 0.25) is 5.91 Å². The van der Waals surface area contributed by atoms with Gasteiger partial charge in [0.1, 0.15) is 0 Å². The first-order valence-electron chi connectivity index (χ1n) is 6.44. The second-order valence-electron chi connectivity index (χ2n) is 4.72. The molecule has 1 aromatic carbocycles. The van der Waals surface area contributed by atoms with E-state index in [4.69, 9.17) is 0 Å². The molecule has 1 heterocycles. The van der Waals surface area contributed by atoms with Crippen LogP contribution in [0.25, 0.3) is 0 Å². The predicted octanol–water partition coefficient (Wildman–Crippen LogP) is 2.86. The number of anilines is 1. The number of carbonyl (C=O) groups excluding carboxylic acids is 1. The SMILES string of the molecule is CCCNC1CCN(c2ccc(C)c(Br)c2)C1=O. The number of amides is 1. The van der Waals surface area contributed by atoms with Crippen molar-refractivity contribution in [1.29, 1.82) is 0 Å². The average Bonchev–Trinajstić information content (AvgIpc) is 2.72. The van der Waals surface area contributed by atoms with Gasteiger partial charge in [0, 0.05) is 16.7 Å². The summed E-state index contributed by atoms with van der Waals surface area (Å²) in [6.07, 6.45) is 1.95. The molecule has 2 rings (SSSR count). The lowest BCUT2D eigenvalue weighted by Gasteiger charge is -2.18. The molecular weight excluding hydrogens is 292 g/mol. The van der Waals surface area contributed by atoms with Gasteiger partial charge in [0.25, 0.3) is 0 Å². The Morgan fingerprint density at radius 2 is 2.28 bits per heavy atom. The molecule has 0 saturated carbocycles. The normalized spacial score (nSPS) is 19.6. The summed E-state index contributed by atoms with van der Waals surface area (Å²) in [5.41, 5.74) is 2.17. The second kappa shape index (κ2) is 5.85. The van der Waals surface area contributed by atoms with Gasteiger partial charge in [-0.25, -0.2) is 0 Å². The molecule has 1 aliphatic heterocycles. The van der Waals surface area contributed by atoms with Crippen LogP contribution in [-0.2, 0) is 4.79 Å². The van der Waals surface area contributed by atoms with Crippen LogP contribution in [0.3, 0.4) is 0 Å². The van der Waals surface area contributed by atoms with Crippen LogP contribution in [0.1, 0.15) is 25.3 Å². The zero-order valence-corrected chi connectivity index (χ0v) is 12.5. The third-order valence-electron chi connectivity index (χ3n) is 3.31. The van der Waals surface area contributed by atoms with E-state index in [1.54, 1.807) is 0 Å². The Morgan fingerprint density at radius 3 is 2.94 bits per heavy atom. The molecule has 1 atom stereocenters. The minimum absolute atomic E-state index is 0.00923. The number of rotatable bonds is 4. The first kappa shape index (κ1) is 13.6. The van der Waals surface area contributed by atoms with Gasteiger partial charge in [-0.05, 0) is 44.0 Å². The number of aryl methyl sites for hydroxylation is 1.